The molecule has 112 valence electrons. The molecule has 0 aromatic heterocycles. The highest BCUT2D eigenvalue weighted by Gasteiger charge is 2.25. The highest BCUT2D eigenvalue weighted by Crippen LogP contribution is 2.24. The van der Waals surface area contributed by atoms with Gasteiger partial charge in [0, 0.05) is 17.4 Å². The molecule has 20 heavy (non-hydrogen) atoms. The molecule has 1 N–H and O–H groups in total. The minimum atomic E-state index is -4.14. The first kappa shape index (κ1) is 16.8. The Balaban J connectivity index is 2.44. The average molecular weight is 354 g/mol. The van der Waals surface area contributed by atoms with Crippen LogP contribution in [-0.4, -0.2) is 25.7 Å². The van der Waals surface area contributed by atoms with Gasteiger partial charge in [-0.05, 0) is 31.0 Å². The number of ether oxygens (including phenoxy) is 1. The fourth-order valence-corrected chi connectivity index (χ4v) is 1.94. The number of rotatable bonds is 6. The fourth-order valence-electron chi connectivity index (χ4n) is 1.60. The van der Waals surface area contributed by atoms with Gasteiger partial charge in [-0.1, -0.05) is 15.9 Å². The third kappa shape index (κ3) is 5.81. The van der Waals surface area contributed by atoms with Gasteiger partial charge in [-0.15, -0.1) is 0 Å². The second-order valence-corrected chi connectivity index (χ2v) is 5.09. The second-order valence-electron chi connectivity index (χ2n) is 4.17. The van der Waals surface area contributed by atoms with E-state index in [9.17, 15) is 18.0 Å². The molecular weight excluding hydrogens is 339 g/mol. The normalized spacial score (nSPS) is 11.2. The SMILES string of the molecule is COc1cc(Br)ccc1C(=O)NCCCCC(F)(F)F. The third-order valence-electron chi connectivity index (χ3n) is 2.58. The van der Waals surface area contributed by atoms with E-state index >= 15 is 0 Å². The Hall–Kier alpha value is -1.24. The minimum Gasteiger partial charge on any atom is -0.496 e. The van der Waals surface area contributed by atoms with E-state index in [2.05, 4.69) is 21.2 Å². The largest absolute Gasteiger partial charge is 0.496 e. The van der Waals surface area contributed by atoms with Crippen molar-refractivity contribution in [3.63, 3.8) is 0 Å². The number of carbonyl (C=O) groups excluding carboxylic acids is 1. The topological polar surface area (TPSA) is 38.3 Å². The van der Waals surface area contributed by atoms with Crippen LogP contribution in [0, 0.1) is 0 Å². The van der Waals surface area contributed by atoms with Crippen LogP contribution >= 0.6 is 15.9 Å². The summed E-state index contributed by atoms with van der Waals surface area (Å²) in [6.45, 7) is 0.203. The Bertz CT molecular complexity index is 463. The number of amides is 1. The van der Waals surface area contributed by atoms with Gasteiger partial charge in [-0.2, -0.15) is 13.2 Å². The van der Waals surface area contributed by atoms with Gasteiger partial charge in [0.25, 0.3) is 5.91 Å². The van der Waals surface area contributed by atoms with Crippen LogP contribution in [0.4, 0.5) is 13.2 Å². The molecule has 0 bridgehead atoms. The number of carbonyl (C=O) groups is 1. The molecule has 3 nitrogen and oxygen atoms in total. The summed E-state index contributed by atoms with van der Waals surface area (Å²) in [5.74, 6) is 0.0496. The van der Waals surface area contributed by atoms with Crippen molar-refractivity contribution >= 4 is 21.8 Å². The number of alkyl halides is 3. The zero-order valence-corrected chi connectivity index (χ0v) is 12.5. The quantitative estimate of drug-likeness (QED) is 0.787. The van der Waals surface area contributed by atoms with E-state index in [1.165, 1.54) is 7.11 Å². The molecule has 1 amide bonds. The molecule has 0 aliphatic rings. The van der Waals surface area contributed by atoms with Crippen LogP contribution in [0.25, 0.3) is 0 Å². The molecule has 0 spiro atoms. The summed E-state index contributed by atoms with van der Waals surface area (Å²) in [6, 6.07) is 4.94. The molecule has 0 fully saturated rings. The predicted octanol–water partition coefficient (Wildman–Crippen LogP) is 3.92. The van der Waals surface area contributed by atoms with Crippen molar-refractivity contribution in [3.8, 4) is 5.75 Å². The fraction of sp³-hybridized carbons (Fsp3) is 0.462. The van der Waals surface area contributed by atoms with E-state index in [0.717, 1.165) is 4.47 Å². The summed E-state index contributed by atoms with van der Waals surface area (Å²) in [5.41, 5.74) is 0.353. The Morgan fingerprint density at radius 2 is 2.05 bits per heavy atom. The number of nitrogens with one attached hydrogen (secondary N) is 1. The van der Waals surface area contributed by atoms with Crippen molar-refractivity contribution in [2.45, 2.75) is 25.4 Å². The number of hydrogen-bond donors (Lipinski definition) is 1. The lowest BCUT2D eigenvalue weighted by Crippen LogP contribution is -2.25. The van der Waals surface area contributed by atoms with Crippen molar-refractivity contribution in [1.29, 1.82) is 0 Å². The molecule has 0 saturated heterocycles. The van der Waals surface area contributed by atoms with E-state index in [1.807, 2.05) is 0 Å². The number of methoxy groups -OCH3 is 1. The van der Waals surface area contributed by atoms with Crippen LogP contribution in [-0.2, 0) is 0 Å². The highest BCUT2D eigenvalue weighted by molar-refractivity contribution is 9.10. The van der Waals surface area contributed by atoms with E-state index in [-0.39, 0.29) is 25.3 Å². The monoisotopic (exact) mass is 353 g/mol. The maximum atomic E-state index is 11.9. The van der Waals surface area contributed by atoms with Gasteiger partial charge >= 0.3 is 6.18 Å². The number of halogens is 4. The first-order valence-corrected chi connectivity index (χ1v) is 6.81. The van der Waals surface area contributed by atoms with Crippen LogP contribution < -0.4 is 10.1 Å². The van der Waals surface area contributed by atoms with Gasteiger partial charge in [0.05, 0.1) is 12.7 Å². The number of unbranched alkanes of at least 4 members (excludes halogenated alkanes) is 1. The Labute approximate surface area is 123 Å². The van der Waals surface area contributed by atoms with Crippen LogP contribution in [0.3, 0.4) is 0 Å². The summed E-state index contributed by atoms with van der Waals surface area (Å²) >= 11 is 3.26. The molecule has 1 rings (SSSR count). The van der Waals surface area contributed by atoms with Crippen LogP contribution in [0.15, 0.2) is 22.7 Å². The molecule has 0 radical (unpaired) electrons. The average Bonchev–Trinajstić information content (AvgIpc) is 2.36. The third-order valence-corrected chi connectivity index (χ3v) is 3.07. The van der Waals surface area contributed by atoms with Gasteiger partial charge < -0.3 is 10.1 Å². The van der Waals surface area contributed by atoms with Crippen molar-refractivity contribution in [1.82, 2.24) is 5.32 Å². The van der Waals surface area contributed by atoms with Crippen molar-refractivity contribution in [2.75, 3.05) is 13.7 Å². The van der Waals surface area contributed by atoms with Gasteiger partial charge in [0.1, 0.15) is 5.75 Å². The minimum absolute atomic E-state index is 0.00124. The van der Waals surface area contributed by atoms with Crippen molar-refractivity contribution in [3.05, 3.63) is 28.2 Å². The molecule has 1 aromatic rings. The summed E-state index contributed by atoms with van der Waals surface area (Å²) in [5, 5.41) is 2.58. The smallest absolute Gasteiger partial charge is 0.389 e. The lowest BCUT2D eigenvalue weighted by Gasteiger charge is -2.10. The molecule has 0 saturated carbocycles. The number of hydrogen-bond acceptors (Lipinski definition) is 2. The summed E-state index contributed by atoms with van der Waals surface area (Å²) < 4.78 is 41.7. The summed E-state index contributed by atoms with van der Waals surface area (Å²) in [7, 11) is 1.45. The van der Waals surface area contributed by atoms with Crippen molar-refractivity contribution < 1.29 is 22.7 Å². The van der Waals surface area contributed by atoms with E-state index in [0.29, 0.717) is 11.3 Å². The number of benzene rings is 1. The van der Waals surface area contributed by atoms with Gasteiger partial charge in [-0.3, -0.25) is 4.79 Å². The van der Waals surface area contributed by atoms with Gasteiger partial charge in [0.15, 0.2) is 0 Å². The summed E-state index contributed by atoms with van der Waals surface area (Å²) in [6.07, 6.45) is -4.69. The lowest BCUT2D eigenvalue weighted by atomic mass is 10.2. The van der Waals surface area contributed by atoms with Crippen LogP contribution in [0.1, 0.15) is 29.6 Å². The van der Waals surface area contributed by atoms with E-state index in [1.54, 1.807) is 18.2 Å². The van der Waals surface area contributed by atoms with Crippen LogP contribution in [0.5, 0.6) is 5.75 Å². The Kier molecular flexibility index (Phi) is 6.32. The van der Waals surface area contributed by atoms with Gasteiger partial charge in [0.2, 0.25) is 0 Å². The molecular formula is C13H15BrF3NO2. The standard InChI is InChI=1S/C13H15BrF3NO2/c1-20-11-8-9(14)4-5-10(11)12(19)18-7-3-2-6-13(15,16)17/h4-5,8H,2-3,6-7H2,1H3,(H,18,19). The molecule has 0 aliphatic carbocycles. The molecule has 7 heteroatoms. The van der Waals surface area contributed by atoms with E-state index < -0.39 is 12.6 Å². The molecule has 0 atom stereocenters. The molecule has 0 unspecified atom stereocenters. The Morgan fingerprint density at radius 3 is 2.65 bits per heavy atom. The zero-order valence-electron chi connectivity index (χ0n) is 10.9. The first-order chi connectivity index (χ1) is 9.33. The summed E-state index contributed by atoms with van der Waals surface area (Å²) in [4.78, 5) is 11.9. The molecule has 0 aliphatic heterocycles. The maximum Gasteiger partial charge on any atom is 0.389 e. The zero-order chi connectivity index (χ0) is 15.2. The van der Waals surface area contributed by atoms with Crippen molar-refractivity contribution in [2.24, 2.45) is 0 Å². The second kappa shape index (κ2) is 7.52. The predicted molar refractivity (Wildman–Crippen MR) is 72.9 cm³/mol. The highest BCUT2D eigenvalue weighted by atomic mass is 79.9. The van der Waals surface area contributed by atoms with E-state index in [4.69, 9.17) is 4.74 Å². The van der Waals surface area contributed by atoms with Crippen LogP contribution in [0.2, 0.25) is 0 Å². The first-order valence-electron chi connectivity index (χ1n) is 6.02. The maximum absolute atomic E-state index is 11.9. The lowest BCUT2D eigenvalue weighted by molar-refractivity contribution is -0.135. The molecule has 0 heterocycles. The molecule has 1 aromatic carbocycles. The van der Waals surface area contributed by atoms with Gasteiger partial charge in [-0.25, -0.2) is 0 Å². The Morgan fingerprint density at radius 1 is 1.35 bits per heavy atom.